The van der Waals surface area contributed by atoms with Gasteiger partial charge in [-0.05, 0) is 31.4 Å². The number of thioether (sulfide) groups is 1. The van der Waals surface area contributed by atoms with E-state index in [1.807, 2.05) is 0 Å². The molecule has 0 spiro atoms. The van der Waals surface area contributed by atoms with Crippen molar-refractivity contribution in [3.8, 4) is 0 Å². The lowest BCUT2D eigenvalue weighted by Crippen LogP contribution is -2.57. The first-order valence-corrected chi connectivity index (χ1v) is 7.30. The van der Waals surface area contributed by atoms with Crippen molar-refractivity contribution in [3.63, 3.8) is 0 Å². The van der Waals surface area contributed by atoms with E-state index >= 15 is 0 Å². The maximum absolute atomic E-state index is 11.6. The Balaban J connectivity index is 2.26. The van der Waals surface area contributed by atoms with E-state index in [9.17, 15) is 15.0 Å². The average Bonchev–Trinajstić information content (AvgIpc) is 2.30. The average molecular weight is 244 g/mol. The second-order valence-electron chi connectivity index (χ2n) is 5.14. The van der Waals surface area contributed by atoms with E-state index in [4.69, 9.17) is 0 Å². The highest BCUT2D eigenvalue weighted by atomic mass is 32.2. The highest BCUT2D eigenvalue weighted by Crippen LogP contribution is 2.50. The summed E-state index contributed by atoms with van der Waals surface area (Å²) in [5.41, 5.74) is -1.83. The predicted molar refractivity (Wildman–Crippen MR) is 64.7 cm³/mol. The van der Waals surface area contributed by atoms with Gasteiger partial charge in [-0.15, -0.1) is 0 Å². The molecule has 0 radical (unpaired) electrons. The van der Waals surface area contributed by atoms with Crippen molar-refractivity contribution >= 4 is 17.7 Å². The van der Waals surface area contributed by atoms with Gasteiger partial charge >= 0.3 is 5.97 Å². The number of hydrogen-bond donors (Lipinski definition) is 2. The molecule has 1 saturated carbocycles. The van der Waals surface area contributed by atoms with Crippen molar-refractivity contribution in [3.05, 3.63) is 0 Å². The Hall–Kier alpha value is -0.220. The standard InChI is InChI=1S/C12H20O3S/c13-10(14)11(5-2-1-3-6-11)12(15)7-4-8-16-9-12/h15H,1-9H2,(H,13,14). The maximum atomic E-state index is 11.6. The lowest BCUT2D eigenvalue weighted by molar-refractivity contribution is -0.173. The molecule has 2 aliphatic rings. The molecule has 2 fully saturated rings. The van der Waals surface area contributed by atoms with Crippen LogP contribution in [0.25, 0.3) is 0 Å². The summed E-state index contributed by atoms with van der Waals surface area (Å²) >= 11 is 1.70. The van der Waals surface area contributed by atoms with Crippen molar-refractivity contribution in [2.75, 3.05) is 11.5 Å². The van der Waals surface area contributed by atoms with Gasteiger partial charge in [-0.1, -0.05) is 19.3 Å². The number of rotatable bonds is 2. The summed E-state index contributed by atoms with van der Waals surface area (Å²) in [4.78, 5) is 11.6. The topological polar surface area (TPSA) is 57.5 Å². The second-order valence-corrected chi connectivity index (χ2v) is 6.24. The van der Waals surface area contributed by atoms with E-state index in [-0.39, 0.29) is 0 Å². The fourth-order valence-corrected chi connectivity index (χ4v) is 4.44. The summed E-state index contributed by atoms with van der Waals surface area (Å²) < 4.78 is 0. The molecule has 3 nitrogen and oxygen atoms in total. The Morgan fingerprint density at radius 2 is 1.75 bits per heavy atom. The summed E-state index contributed by atoms with van der Waals surface area (Å²) in [6.07, 6.45) is 5.90. The van der Waals surface area contributed by atoms with E-state index in [0.717, 1.165) is 31.4 Å². The molecule has 0 amide bonds. The normalized spacial score (nSPS) is 34.6. The zero-order valence-electron chi connectivity index (χ0n) is 9.57. The Kier molecular flexibility index (Phi) is 3.50. The predicted octanol–water partition coefficient (Wildman–Crippen LogP) is 2.28. The van der Waals surface area contributed by atoms with Crippen LogP contribution in [0.3, 0.4) is 0 Å². The van der Waals surface area contributed by atoms with E-state index in [0.29, 0.717) is 25.0 Å². The Morgan fingerprint density at radius 3 is 2.25 bits per heavy atom. The number of aliphatic carboxylic acids is 1. The van der Waals surface area contributed by atoms with Crippen molar-refractivity contribution in [2.24, 2.45) is 5.41 Å². The summed E-state index contributed by atoms with van der Waals surface area (Å²) in [7, 11) is 0. The van der Waals surface area contributed by atoms with Gasteiger partial charge in [0.1, 0.15) is 0 Å². The van der Waals surface area contributed by atoms with Crippen LogP contribution in [0.15, 0.2) is 0 Å². The largest absolute Gasteiger partial charge is 0.481 e. The lowest BCUT2D eigenvalue weighted by Gasteiger charge is -2.48. The van der Waals surface area contributed by atoms with Gasteiger partial charge in [0, 0.05) is 5.75 Å². The summed E-state index contributed by atoms with van der Waals surface area (Å²) in [6.45, 7) is 0. The smallest absolute Gasteiger partial charge is 0.312 e. The first-order chi connectivity index (χ1) is 7.61. The van der Waals surface area contributed by atoms with E-state index in [1.54, 1.807) is 11.8 Å². The van der Waals surface area contributed by atoms with Crippen LogP contribution >= 0.6 is 11.8 Å². The molecule has 0 aromatic carbocycles. The van der Waals surface area contributed by atoms with Crippen LogP contribution in [-0.2, 0) is 4.79 Å². The quantitative estimate of drug-likeness (QED) is 0.782. The number of carboxylic acids is 1. The van der Waals surface area contributed by atoms with Gasteiger partial charge in [-0.25, -0.2) is 0 Å². The fourth-order valence-electron chi connectivity index (χ4n) is 3.19. The molecule has 1 unspecified atom stereocenters. The third-order valence-electron chi connectivity index (χ3n) is 4.23. The molecule has 1 saturated heterocycles. The third kappa shape index (κ3) is 1.86. The molecule has 1 heterocycles. The monoisotopic (exact) mass is 244 g/mol. The molecule has 1 atom stereocenters. The minimum absolute atomic E-state index is 0.597. The van der Waals surface area contributed by atoms with Crippen LogP contribution in [0.5, 0.6) is 0 Å². The van der Waals surface area contributed by atoms with Crippen molar-refractivity contribution < 1.29 is 15.0 Å². The van der Waals surface area contributed by atoms with Crippen LogP contribution in [0.2, 0.25) is 0 Å². The number of carbonyl (C=O) groups is 1. The minimum Gasteiger partial charge on any atom is -0.481 e. The van der Waals surface area contributed by atoms with Crippen LogP contribution in [0.1, 0.15) is 44.9 Å². The Morgan fingerprint density at radius 1 is 1.06 bits per heavy atom. The first kappa shape index (κ1) is 12.2. The van der Waals surface area contributed by atoms with Gasteiger partial charge in [0.05, 0.1) is 11.0 Å². The second kappa shape index (κ2) is 4.57. The van der Waals surface area contributed by atoms with Gasteiger partial charge in [0.2, 0.25) is 0 Å². The van der Waals surface area contributed by atoms with Gasteiger partial charge in [-0.2, -0.15) is 11.8 Å². The highest BCUT2D eigenvalue weighted by molar-refractivity contribution is 7.99. The SMILES string of the molecule is O=C(O)C1(C2(O)CCCSC2)CCCCC1. The lowest BCUT2D eigenvalue weighted by atomic mass is 9.62. The van der Waals surface area contributed by atoms with Crippen LogP contribution < -0.4 is 0 Å². The number of hydrogen-bond acceptors (Lipinski definition) is 3. The number of aliphatic hydroxyl groups is 1. The molecule has 1 aliphatic carbocycles. The van der Waals surface area contributed by atoms with Gasteiger partial charge in [0.25, 0.3) is 0 Å². The molecule has 16 heavy (non-hydrogen) atoms. The fraction of sp³-hybridized carbons (Fsp3) is 0.917. The van der Waals surface area contributed by atoms with Crippen molar-refractivity contribution in [2.45, 2.75) is 50.5 Å². The molecule has 0 aromatic rings. The van der Waals surface area contributed by atoms with Crippen molar-refractivity contribution in [1.82, 2.24) is 0 Å². The molecule has 2 N–H and O–H groups in total. The van der Waals surface area contributed by atoms with E-state index < -0.39 is 17.0 Å². The van der Waals surface area contributed by atoms with Gasteiger partial charge in [-0.3, -0.25) is 4.79 Å². The number of carboxylic acid groups (broad SMARTS) is 1. The van der Waals surface area contributed by atoms with E-state index in [2.05, 4.69) is 0 Å². The van der Waals surface area contributed by atoms with E-state index in [1.165, 1.54) is 0 Å². The van der Waals surface area contributed by atoms with Gasteiger partial charge < -0.3 is 10.2 Å². The van der Waals surface area contributed by atoms with Crippen LogP contribution in [0.4, 0.5) is 0 Å². The van der Waals surface area contributed by atoms with Crippen LogP contribution in [0, 0.1) is 5.41 Å². The molecule has 1 aliphatic heterocycles. The Labute approximate surface area is 101 Å². The molecule has 92 valence electrons. The van der Waals surface area contributed by atoms with Crippen molar-refractivity contribution in [1.29, 1.82) is 0 Å². The molecule has 2 rings (SSSR count). The summed E-state index contributed by atoms with van der Waals surface area (Å²) in [5.74, 6) is 0.870. The molecule has 0 aromatic heterocycles. The highest BCUT2D eigenvalue weighted by Gasteiger charge is 2.56. The Bertz CT molecular complexity index is 265. The molecule has 4 heteroatoms. The minimum atomic E-state index is -0.970. The molecular formula is C12H20O3S. The summed E-state index contributed by atoms with van der Waals surface area (Å²) in [5, 5.41) is 20.3. The first-order valence-electron chi connectivity index (χ1n) is 6.14. The zero-order chi connectivity index (χ0) is 11.6. The van der Waals surface area contributed by atoms with Gasteiger partial charge in [0.15, 0.2) is 0 Å². The summed E-state index contributed by atoms with van der Waals surface area (Å²) in [6, 6.07) is 0. The molecular weight excluding hydrogens is 224 g/mol. The maximum Gasteiger partial charge on any atom is 0.312 e. The zero-order valence-corrected chi connectivity index (χ0v) is 10.4. The molecule has 0 bridgehead atoms. The third-order valence-corrected chi connectivity index (χ3v) is 5.49. The van der Waals surface area contributed by atoms with Crippen LogP contribution in [-0.4, -0.2) is 33.3 Å².